The normalized spacial score (nSPS) is 10.7. The predicted molar refractivity (Wildman–Crippen MR) is 106 cm³/mol. The Balaban J connectivity index is 2.05. The molecule has 0 radical (unpaired) electrons. The topological polar surface area (TPSA) is 77.0 Å². The Bertz CT molecular complexity index is 1120. The van der Waals surface area contributed by atoms with Gasteiger partial charge in [0.05, 0.1) is 5.69 Å². The summed E-state index contributed by atoms with van der Waals surface area (Å²) in [5, 5.41) is 0. The van der Waals surface area contributed by atoms with Gasteiger partial charge in [-0.05, 0) is 62.2 Å². The standard InChI is InChI=1S/C21H21N3O3/c1-12(2)16-7-6-10-22-20(16)27-15-8-9-17(13(3)11-15)18-14(4)19(25)23-21(26)24(18)5/h6-11H,1H2,2-5H3,(H,23,25,26). The lowest BCUT2D eigenvalue weighted by atomic mass is 10.0. The molecule has 27 heavy (non-hydrogen) atoms. The van der Waals surface area contributed by atoms with Crippen LogP contribution in [0.5, 0.6) is 11.6 Å². The first kappa shape index (κ1) is 18.4. The van der Waals surface area contributed by atoms with Crippen LogP contribution in [0.25, 0.3) is 16.8 Å². The summed E-state index contributed by atoms with van der Waals surface area (Å²) in [4.78, 5) is 30.6. The average molecular weight is 363 g/mol. The monoisotopic (exact) mass is 363 g/mol. The van der Waals surface area contributed by atoms with E-state index in [1.165, 1.54) is 4.57 Å². The minimum atomic E-state index is -0.445. The van der Waals surface area contributed by atoms with E-state index in [1.54, 1.807) is 26.2 Å². The highest BCUT2D eigenvalue weighted by Crippen LogP contribution is 2.31. The molecule has 0 aliphatic rings. The Hall–Kier alpha value is -3.41. The number of pyridine rings is 1. The van der Waals surface area contributed by atoms with Gasteiger partial charge in [-0.25, -0.2) is 9.78 Å². The lowest BCUT2D eigenvalue weighted by Crippen LogP contribution is -2.31. The Morgan fingerprint density at radius 2 is 1.96 bits per heavy atom. The minimum Gasteiger partial charge on any atom is -0.438 e. The van der Waals surface area contributed by atoms with Crippen LogP contribution in [0.15, 0.2) is 52.7 Å². The molecule has 138 valence electrons. The van der Waals surface area contributed by atoms with Gasteiger partial charge in [0, 0.05) is 29.9 Å². The molecule has 0 amide bonds. The van der Waals surface area contributed by atoms with E-state index in [2.05, 4.69) is 16.5 Å². The molecular formula is C21H21N3O3. The van der Waals surface area contributed by atoms with Crippen LogP contribution in [-0.4, -0.2) is 14.5 Å². The van der Waals surface area contributed by atoms with E-state index in [-0.39, 0.29) is 5.56 Å². The fraction of sp³-hybridized carbons (Fsp3) is 0.190. The lowest BCUT2D eigenvalue weighted by molar-refractivity contribution is 0.461. The SMILES string of the molecule is C=C(C)c1cccnc1Oc1ccc(-c2c(C)c(=O)[nH]c(=O)n2C)c(C)c1. The van der Waals surface area contributed by atoms with Gasteiger partial charge in [-0.2, -0.15) is 0 Å². The molecule has 6 nitrogen and oxygen atoms in total. The van der Waals surface area contributed by atoms with Crippen molar-refractivity contribution in [2.75, 3.05) is 0 Å². The van der Waals surface area contributed by atoms with Crippen LogP contribution in [0.2, 0.25) is 0 Å². The molecule has 0 aliphatic heterocycles. The van der Waals surface area contributed by atoms with E-state index in [9.17, 15) is 9.59 Å². The van der Waals surface area contributed by atoms with E-state index in [0.29, 0.717) is 22.9 Å². The molecule has 6 heteroatoms. The lowest BCUT2D eigenvalue weighted by Gasteiger charge is -2.15. The van der Waals surface area contributed by atoms with Gasteiger partial charge in [0.25, 0.3) is 5.56 Å². The summed E-state index contributed by atoms with van der Waals surface area (Å²) in [6, 6.07) is 9.24. The zero-order valence-corrected chi connectivity index (χ0v) is 15.8. The smallest absolute Gasteiger partial charge is 0.328 e. The number of nitrogens with zero attached hydrogens (tertiary/aromatic N) is 2. The van der Waals surface area contributed by atoms with Crippen LogP contribution in [0, 0.1) is 13.8 Å². The minimum absolute atomic E-state index is 0.382. The summed E-state index contributed by atoms with van der Waals surface area (Å²) in [5.41, 5.74) is 3.63. The number of hydrogen-bond donors (Lipinski definition) is 1. The Morgan fingerprint density at radius 1 is 1.22 bits per heavy atom. The third-order valence-corrected chi connectivity index (χ3v) is 4.45. The first-order valence-corrected chi connectivity index (χ1v) is 8.49. The Kier molecular flexibility index (Phi) is 4.81. The molecule has 0 spiro atoms. The van der Waals surface area contributed by atoms with Crippen LogP contribution >= 0.6 is 0 Å². The first-order valence-electron chi connectivity index (χ1n) is 8.49. The number of ether oxygens (including phenoxy) is 1. The van der Waals surface area contributed by atoms with Gasteiger partial charge < -0.3 is 4.74 Å². The summed E-state index contributed by atoms with van der Waals surface area (Å²) in [5.74, 6) is 1.10. The van der Waals surface area contributed by atoms with Crippen molar-refractivity contribution in [3.8, 4) is 22.9 Å². The van der Waals surface area contributed by atoms with Gasteiger partial charge in [-0.15, -0.1) is 0 Å². The molecule has 3 aromatic rings. The molecule has 2 aromatic heterocycles. The highest BCUT2D eigenvalue weighted by Gasteiger charge is 2.14. The fourth-order valence-corrected chi connectivity index (χ4v) is 2.99. The summed E-state index contributed by atoms with van der Waals surface area (Å²) in [6.07, 6.45) is 1.67. The third-order valence-electron chi connectivity index (χ3n) is 4.45. The summed E-state index contributed by atoms with van der Waals surface area (Å²) in [6.45, 7) is 9.45. The Labute approximate surface area is 156 Å². The maximum atomic E-state index is 12.0. The van der Waals surface area contributed by atoms with Gasteiger partial charge >= 0.3 is 5.69 Å². The number of H-pyrrole nitrogens is 1. The van der Waals surface area contributed by atoms with Crippen molar-refractivity contribution in [3.63, 3.8) is 0 Å². The van der Waals surface area contributed by atoms with Crippen LogP contribution < -0.4 is 16.0 Å². The van der Waals surface area contributed by atoms with Gasteiger partial charge in [0.1, 0.15) is 5.75 Å². The van der Waals surface area contributed by atoms with Crippen LogP contribution in [0.3, 0.4) is 0 Å². The van der Waals surface area contributed by atoms with E-state index in [4.69, 9.17) is 4.74 Å². The van der Waals surface area contributed by atoms with Crippen molar-refractivity contribution >= 4 is 5.57 Å². The van der Waals surface area contributed by atoms with Crippen LogP contribution in [-0.2, 0) is 7.05 Å². The maximum absolute atomic E-state index is 12.0. The predicted octanol–water partition coefficient (Wildman–Crippen LogP) is 3.58. The van der Waals surface area contributed by atoms with Crippen LogP contribution in [0.4, 0.5) is 0 Å². The fourth-order valence-electron chi connectivity index (χ4n) is 2.99. The summed E-state index contributed by atoms with van der Waals surface area (Å²) < 4.78 is 7.38. The zero-order valence-electron chi connectivity index (χ0n) is 15.8. The van der Waals surface area contributed by atoms with Crippen molar-refractivity contribution in [2.45, 2.75) is 20.8 Å². The van der Waals surface area contributed by atoms with E-state index >= 15 is 0 Å². The third kappa shape index (κ3) is 3.46. The number of aromatic nitrogens is 3. The van der Waals surface area contributed by atoms with Crippen LogP contribution in [0.1, 0.15) is 23.6 Å². The van der Waals surface area contributed by atoms with Crippen molar-refractivity contribution in [2.24, 2.45) is 7.05 Å². The molecular weight excluding hydrogens is 342 g/mol. The van der Waals surface area contributed by atoms with Gasteiger partial charge in [-0.1, -0.05) is 6.58 Å². The number of rotatable bonds is 4. The van der Waals surface area contributed by atoms with Gasteiger partial charge in [0.2, 0.25) is 5.88 Å². The highest BCUT2D eigenvalue weighted by atomic mass is 16.5. The number of benzene rings is 1. The molecule has 0 unspecified atom stereocenters. The Morgan fingerprint density at radius 3 is 2.63 bits per heavy atom. The second kappa shape index (κ2) is 7.07. The molecule has 1 N–H and O–H groups in total. The molecule has 0 fully saturated rings. The largest absolute Gasteiger partial charge is 0.438 e. The van der Waals surface area contributed by atoms with Crippen molar-refractivity contribution < 1.29 is 4.74 Å². The van der Waals surface area contributed by atoms with E-state index < -0.39 is 5.69 Å². The second-order valence-electron chi connectivity index (χ2n) is 6.51. The average Bonchev–Trinajstić information content (AvgIpc) is 2.62. The molecule has 3 rings (SSSR count). The van der Waals surface area contributed by atoms with E-state index in [0.717, 1.165) is 22.3 Å². The number of aryl methyl sites for hydroxylation is 1. The summed E-state index contributed by atoms with van der Waals surface area (Å²) >= 11 is 0. The number of aromatic amines is 1. The number of allylic oxidation sites excluding steroid dienone is 1. The van der Waals surface area contributed by atoms with Gasteiger partial charge in [0.15, 0.2) is 0 Å². The van der Waals surface area contributed by atoms with Gasteiger partial charge in [-0.3, -0.25) is 14.3 Å². The molecule has 0 aliphatic carbocycles. The maximum Gasteiger partial charge on any atom is 0.328 e. The molecule has 0 atom stereocenters. The van der Waals surface area contributed by atoms with Crippen molar-refractivity contribution in [3.05, 3.63) is 80.6 Å². The molecule has 1 aromatic carbocycles. The summed E-state index contributed by atoms with van der Waals surface area (Å²) in [7, 11) is 1.64. The van der Waals surface area contributed by atoms with E-state index in [1.807, 2.05) is 38.1 Å². The second-order valence-corrected chi connectivity index (χ2v) is 6.51. The number of hydrogen-bond acceptors (Lipinski definition) is 4. The van der Waals surface area contributed by atoms with Crippen molar-refractivity contribution in [1.29, 1.82) is 0 Å². The molecule has 0 saturated heterocycles. The highest BCUT2D eigenvalue weighted by molar-refractivity contribution is 5.68. The zero-order chi connectivity index (χ0) is 19.7. The first-order chi connectivity index (χ1) is 12.8. The quantitative estimate of drug-likeness (QED) is 0.769. The molecule has 2 heterocycles. The number of nitrogens with one attached hydrogen (secondary N) is 1. The van der Waals surface area contributed by atoms with Crippen molar-refractivity contribution in [1.82, 2.24) is 14.5 Å². The molecule has 0 saturated carbocycles. The molecule has 0 bridgehead atoms.